The van der Waals surface area contributed by atoms with Gasteiger partial charge in [0.25, 0.3) is 0 Å². The molecule has 0 bridgehead atoms. The van der Waals surface area contributed by atoms with Gasteiger partial charge in [-0.2, -0.15) is 0 Å². The van der Waals surface area contributed by atoms with E-state index in [9.17, 15) is 9.90 Å². The lowest BCUT2D eigenvalue weighted by Crippen LogP contribution is -2.02. The molecule has 1 aromatic rings. The van der Waals surface area contributed by atoms with Gasteiger partial charge in [0.1, 0.15) is 5.03 Å². The van der Waals surface area contributed by atoms with Crippen molar-refractivity contribution in [2.75, 3.05) is 12.9 Å². The lowest BCUT2D eigenvalue weighted by Gasteiger charge is -2.09. The number of ether oxygens (including phenoxy) is 1. The summed E-state index contributed by atoms with van der Waals surface area (Å²) in [5.41, 5.74) is 0.789. The number of nitrogens with zero attached hydrogens (tertiary/aromatic N) is 1. The van der Waals surface area contributed by atoms with Crippen LogP contribution in [0.4, 0.5) is 0 Å². The molecule has 1 heterocycles. The minimum Gasteiger partial charge on any atom is -0.469 e. The highest BCUT2D eigenvalue weighted by molar-refractivity contribution is 7.99. The molecular formula is C11H15NO3S. The highest BCUT2D eigenvalue weighted by atomic mass is 32.2. The molecule has 0 aliphatic rings. The van der Waals surface area contributed by atoms with Gasteiger partial charge in [0, 0.05) is 17.5 Å². The quantitative estimate of drug-likeness (QED) is 0.629. The smallest absolute Gasteiger partial charge is 0.306 e. The van der Waals surface area contributed by atoms with Crippen LogP contribution in [0.1, 0.15) is 25.0 Å². The largest absolute Gasteiger partial charge is 0.469 e. The molecule has 0 spiro atoms. The minimum atomic E-state index is -0.547. The zero-order chi connectivity index (χ0) is 12.0. The van der Waals surface area contributed by atoms with Crippen LogP contribution in [0.25, 0.3) is 0 Å². The molecule has 1 rings (SSSR count). The number of hydrogen-bond donors (Lipinski definition) is 1. The average Bonchev–Trinajstić information content (AvgIpc) is 2.29. The monoisotopic (exact) mass is 241 g/mol. The van der Waals surface area contributed by atoms with E-state index in [2.05, 4.69) is 9.72 Å². The first kappa shape index (κ1) is 13.0. The van der Waals surface area contributed by atoms with E-state index in [-0.39, 0.29) is 5.97 Å². The van der Waals surface area contributed by atoms with Gasteiger partial charge in [-0.1, -0.05) is 6.07 Å². The Hall–Kier alpha value is -1.07. The molecular weight excluding hydrogens is 226 g/mol. The Morgan fingerprint density at radius 2 is 2.44 bits per heavy atom. The van der Waals surface area contributed by atoms with Gasteiger partial charge >= 0.3 is 5.97 Å². The second-order valence-corrected chi connectivity index (χ2v) is 4.33. The summed E-state index contributed by atoms with van der Waals surface area (Å²) in [6.07, 6.45) is 1.47. The number of carbonyl (C=O) groups is 1. The third kappa shape index (κ3) is 3.83. The van der Waals surface area contributed by atoms with Crippen molar-refractivity contribution in [2.24, 2.45) is 0 Å². The van der Waals surface area contributed by atoms with Crippen LogP contribution in [-0.4, -0.2) is 28.9 Å². The first-order chi connectivity index (χ1) is 7.65. The van der Waals surface area contributed by atoms with Crippen molar-refractivity contribution in [1.82, 2.24) is 4.98 Å². The summed E-state index contributed by atoms with van der Waals surface area (Å²) < 4.78 is 4.54. The number of thioether (sulfide) groups is 1. The van der Waals surface area contributed by atoms with Crippen molar-refractivity contribution in [1.29, 1.82) is 0 Å². The topological polar surface area (TPSA) is 59.4 Å². The summed E-state index contributed by atoms with van der Waals surface area (Å²) in [4.78, 5) is 15.1. The van der Waals surface area contributed by atoms with Crippen molar-refractivity contribution in [3.05, 3.63) is 23.9 Å². The maximum Gasteiger partial charge on any atom is 0.306 e. The van der Waals surface area contributed by atoms with Crippen molar-refractivity contribution < 1.29 is 14.6 Å². The van der Waals surface area contributed by atoms with E-state index < -0.39 is 6.10 Å². The number of esters is 1. The highest BCUT2D eigenvalue weighted by Gasteiger charge is 2.09. The average molecular weight is 241 g/mol. The number of rotatable bonds is 5. The van der Waals surface area contributed by atoms with Crippen molar-refractivity contribution in [3.63, 3.8) is 0 Å². The number of hydrogen-bond acceptors (Lipinski definition) is 5. The zero-order valence-electron chi connectivity index (χ0n) is 9.34. The molecule has 1 N–H and O–H groups in total. The van der Waals surface area contributed by atoms with E-state index in [4.69, 9.17) is 0 Å². The van der Waals surface area contributed by atoms with Crippen molar-refractivity contribution >= 4 is 17.7 Å². The fourth-order valence-corrected chi connectivity index (χ4v) is 2.18. The first-order valence-electron chi connectivity index (χ1n) is 4.97. The summed E-state index contributed by atoms with van der Waals surface area (Å²) in [5.74, 6) is 0.366. The first-order valence-corrected chi connectivity index (χ1v) is 5.96. The fraction of sp³-hybridized carbons (Fsp3) is 0.455. The standard InChI is InChI=1S/C11H15NO3S/c1-8(13)9-4-3-6-12-11(9)16-7-5-10(14)15-2/h3-4,6,8,13H,5,7H2,1-2H3. The molecule has 16 heavy (non-hydrogen) atoms. The van der Waals surface area contributed by atoms with Crippen molar-refractivity contribution in [3.8, 4) is 0 Å². The summed E-state index contributed by atoms with van der Waals surface area (Å²) in [6.45, 7) is 1.70. The maximum atomic E-state index is 10.9. The molecule has 0 aromatic carbocycles. The lowest BCUT2D eigenvalue weighted by molar-refractivity contribution is -0.140. The Labute approximate surface area is 99.0 Å². The van der Waals surface area contributed by atoms with Crippen molar-refractivity contribution in [2.45, 2.75) is 24.5 Å². The van der Waals surface area contributed by atoms with Gasteiger partial charge in [-0.05, 0) is 13.0 Å². The van der Waals surface area contributed by atoms with Gasteiger partial charge in [0.2, 0.25) is 0 Å². The van der Waals surface area contributed by atoms with Crippen LogP contribution in [0.2, 0.25) is 0 Å². The molecule has 0 amide bonds. The third-order valence-electron chi connectivity index (χ3n) is 2.02. The Bertz CT molecular complexity index is 355. The van der Waals surface area contributed by atoms with Crippen LogP contribution < -0.4 is 0 Å². The summed E-state index contributed by atoms with van der Waals surface area (Å²) in [5, 5.41) is 10.3. The molecule has 1 unspecified atom stereocenters. The van der Waals surface area contributed by atoms with E-state index in [1.54, 1.807) is 19.2 Å². The summed E-state index contributed by atoms with van der Waals surface area (Å²) in [7, 11) is 1.37. The van der Waals surface area contributed by atoms with Gasteiger partial charge in [-0.15, -0.1) is 11.8 Å². The van der Waals surface area contributed by atoms with Crippen LogP contribution in [-0.2, 0) is 9.53 Å². The van der Waals surface area contributed by atoms with E-state index in [0.717, 1.165) is 10.6 Å². The summed E-state index contributed by atoms with van der Waals surface area (Å²) in [6, 6.07) is 3.62. The van der Waals surface area contributed by atoms with Crippen LogP contribution in [0.3, 0.4) is 0 Å². The molecule has 0 fully saturated rings. The highest BCUT2D eigenvalue weighted by Crippen LogP contribution is 2.25. The predicted molar refractivity (Wildman–Crippen MR) is 62.2 cm³/mol. The Kier molecular flexibility index (Phi) is 5.28. The number of methoxy groups -OCH3 is 1. The van der Waals surface area contributed by atoms with Gasteiger partial charge in [-0.3, -0.25) is 4.79 Å². The zero-order valence-corrected chi connectivity index (χ0v) is 10.2. The summed E-state index contributed by atoms with van der Waals surface area (Å²) >= 11 is 1.45. The molecule has 5 heteroatoms. The molecule has 0 radical (unpaired) electrons. The fourth-order valence-electron chi connectivity index (χ4n) is 1.17. The van der Waals surface area contributed by atoms with Crippen LogP contribution >= 0.6 is 11.8 Å². The van der Waals surface area contributed by atoms with E-state index in [1.807, 2.05) is 6.07 Å². The second-order valence-electron chi connectivity index (χ2n) is 3.25. The maximum absolute atomic E-state index is 10.9. The van der Waals surface area contributed by atoms with Crippen LogP contribution in [0, 0.1) is 0 Å². The molecule has 0 aliphatic carbocycles. The number of aromatic nitrogens is 1. The Morgan fingerprint density at radius 3 is 3.06 bits per heavy atom. The van der Waals surface area contributed by atoms with Gasteiger partial charge < -0.3 is 9.84 Å². The Balaban J connectivity index is 2.56. The van der Waals surface area contributed by atoms with E-state index >= 15 is 0 Å². The number of carbonyl (C=O) groups excluding carboxylic acids is 1. The predicted octanol–water partition coefficient (Wildman–Crippen LogP) is 1.79. The normalized spacial score (nSPS) is 12.2. The van der Waals surface area contributed by atoms with E-state index in [1.165, 1.54) is 18.9 Å². The second kappa shape index (κ2) is 6.50. The molecule has 88 valence electrons. The molecule has 1 aromatic heterocycles. The number of aliphatic hydroxyl groups is 1. The Morgan fingerprint density at radius 1 is 1.69 bits per heavy atom. The number of pyridine rings is 1. The number of aliphatic hydroxyl groups excluding tert-OH is 1. The lowest BCUT2D eigenvalue weighted by atomic mass is 10.2. The molecule has 0 aliphatic heterocycles. The molecule has 0 saturated carbocycles. The van der Waals surface area contributed by atoms with Crippen LogP contribution in [0.5, 0.6) is 0 Å². The minimum absolute atomic E-state index is 0.234. The third-order valence-corrected chi connectivity index (χ3v) is 3.05. The van der Waals surface area contributed by atoms with E-state index in [0.29, 0.717) is 12.2 Å². The SMILES string of the molecule is COC(=O)CCSc1ncccc1C(C)O. The van der Waals surface area contributed by atoms with Crippen LogP contribution in [0.15, 0.2) is 23.4 Å². The van der Waals surface area contributed by atoms with Gasteiger partial charge in [0.05, 0.1) is 19.6 Å². The van der Waals surface area contributed by atoms with Gasteiger partial charge in [0.15, 0.2) is 0 Å². The molecule has 4 nitrogen and oxygen atoms in total. The molecule has 0 saturated heterocycles. The van der Waals surface area contributed by atoms with Gasteiger partial charge in [-0.25, -0.2) is 4.98 Å². The molecule has 1 atom stereocenters.